The standard InChI is InChI=1S/C21H16ClNO6/c1-27-20-5-3-2-4-17(20)19(24)10-9-15-7-8-16(29-15)13-28-21-11-6-14(22)12-18(21)23(25)26/h2-12H,13H2,1H3/b10-9+. The van der Waals surface area contributed by atoms with E-state index in [4.69, 9.17) is 25.5 Å². The highest BCUT2D eigenvalue weighted by molar-refractivity contribution is 6.30. The molecule has 8 heteroatoms. The van der Waals surface area contributed by atoms with Crippen molar-refractivity contribution in [2.45, 2.75) is 6.61 Å². The van der Waals surface area contributed by atoms with Crippen molar-refractivity contribution in [3.63, 3.8) is 0 Å². The van der Waals surface area contributed by atoms with Crippen molar-refractivity contribution in [3.05, 3.63) is 92.9 Å². The molecule has 0 atom stereocenters. The van der Waals surface area contributed by atoms with Gasteiger partial charge >= 0.3 is 5.69 Å². The number of nitro groups is 1. The minimum atomic E-state index is -0.568. The van der Waals surface area contributed by atoms with Crippen LogP contribution in [0, 0.1) is 10.1 Å². The molecule has 0 aliphatic carbocycles. The predicted octanol–water partition coefficient (Wildman–Crippen LogP) is 5.32. The molecule has 0 N–H and O–H groups in total. The summed E-state index contributed by atoms with van der Waals surface area (Å²) in [6.07, 6.45) is 2.91. The lowest BCUT2D eigenvalue weighted by atomic mass is 10.1. The summed E-state index contributed by atoms with van der Waals surface area (Å²) in [5.41, 5.74) is 0.211. The van der Waals surface area contributed by atoms with Crippen LogP contribution in [0.15, 0.2) is 65.1 Å². The Hall–Kier alpha value is -3.58. The molecule has 0 saturated carbocycles. The molecule has 7 nitrogen and oxygen atoms in total. The zero-order valence-electron chi connectivity index (χ0n) is 15.3. The molecule has 0 unspecified atom stereocenters. The fourth-order valence-electron chi connectivity index (χ4n) is 2.56. The molecule has 1 aromatic heterocycles. The minimum Gasteiger partial charge on any atom is -0.496 e. The number of furan rings is 1. The Morgan fingerprint density at radius 2 is 1.97 bits per heavy atom. The SMILES string of the molecule is COc1ccccc1C(=O)/C=C/c1ccc(COc2ccc(Cl)cc2[N+](=O)[O-])o1. The fraction of sp³-hybridized carbons (Fsp3) is 0.0952. The normalized spacial score (nSPS) is 10.8. The number of para-hydroxylation sites is 1. The average Bonchev–Trinajstić information content (AvgIpc) is 3.18. The maximum atomic E-state index is 12.3. The number of nitro benzene ring substituents is 1. The number of nitrogens with zero attached hydrogens (tertiary/aromatic N) is 1. The van der Waals surface area contributed by atoms with E-state index in [9.17, 15) is 14.9 Å². The van der Waals surface area contributed by atoms with E-state index in [2.05, 4.69) is 0 Å². The summed E-state index contributed by atoms with van der Waals surface area (Å²) < 4.78 is 16.2. The van der Waals surface area contributed by atoms with Crippen LogP contribution < -0.4 is 9.47 Å². The Morgan fingerprint density at radius 1 is 1.17 bits per heavy atom. The van der Waals surface area contributed by atoms with Gasteiger partial charge in [-0.25, -0.2) is 0 Å². The molecule has 0 amide bonds. The summed E-state index contributed by atoms with van der Waals surface area (Å²) in [4.78, 5) is 22.9. The van der Waals surface area contributed by atoms with Crippen LogP contribution in [0.1, 0.15) is 21.9 Å². The van der Waals surface area contributed by atoms with Crippen LogP contribution >= 0.6 is 11.6 Å². The molecule has 148 valence electrons. The zero-order valence-corrected chi connectivity index (χ0v) is 16.1. The molecule has 0 spiro atoms. The molecule has 0 bridgehead atoms. The van der Waals surface area contributed by atoms with Crippen LogP contribution in [0.25, 0.3) is 6.08 Å². The summed E-state index contributed by atoms with van der Waals surface area (Å²) in [5, 5.41) is 11.3. The molecular formula is C21H16ClNO6. The maximum absolute atomic E-state index is 12.3. The van der Waals surface area contributed by atoms with Crippen LogP contribution in [0.2, 0.25) is 5.02 Å². The highest BCUT2D eigenvalue weighted by Gasteiger charge is 2.16. The monoisotopic (exact) mass is 413 g/mol. The number of ether oxygens (including phenoxy) is 2. The molecule has 29 heavy (non-hydrogen) atoms. The Morgan fingerprint density at radius 3 is 2.72 bits per heavy atom. The smallest absolute Gasteiger partial charge is 0.312 e. The van der Waals surface area contributed by atoms with Crippen molar-refractivity contribution in [2.75, 3.05) is 7.11 Å². The number of hydrogen-bond acceptors (Lipinski definition) is 6. The zero-order chi connectivity index (χ0) is 20.8. The first-order valence-corrected chi connectivity index (χ1v) is 8.86. The third-order valence-electron chi connectivity index (χ3n) is 3.94. The van der Waals surface area contributed by atoms with Gasteiger partial charge < -0.3 is 13.9 Å². The molecule has 3 aromatic rings. The highest BCUT2D eigenvalue weighted by Crippen LogP contribution is 2.30. The van der Waals surface area contributed by atoms with Crippen LogP contribution in [0.3, 0.4) is 0 Å². The van der Waals surface area contributed by atoms with Gasteiger partial charge in [0.15, 0.2) is 11.5 Å². The number of methoxy groups -OCH3 is 1. The van der Waals surface area contributed by atoms with Crippen molar-refractivity contribution < 1.29 is 23.6 Å². The third-order valence-corrected chi connectivity index (χ3v) is 4.18. The number of hydrogen-bond donors (Lipinski definition) is 0. The topological polar surface area (TPSA) is 91.8 Å². The van der Waals surface area contributed by atoms with E-state index < -0.39 is 4.92 Å². The largest absolute Gasteiger partial charge is 0.496 e. The summed E-state index contributed by atoms with van der Waals surface area (Å²) in [6.45, 7) is -0.0171. The second kappa shape index (κ2) is 9.07. The highest BCUT2D eigenvalue weighted by atomic mass is 35.5. The van der Waals surface area contributed by atoms with Crippen LogP contribution in [0.4, 0.5) is 5.69 Å². The number of halogens is 1. The number of carbonyl (C=O) groups is 1. The van der Waals surface area contributed by atoms with Gasteiger partial charge in [-0.1, -0.05) is 23.7 Å². The number of carbonyl (C=O) groups excluding carboxylic acids is 1. The van der Waals surface area contributed by atoms with E-state index >= 15 is 0 Å². The van der Waals surface area contributed by atoms with E-state index in [0.717, 1.165) is 0 Å². The Kier molecular flexibility index (Phi) is 6.31. The van der Waals surface area contributed by atoms with Crippen molar-refractivity contribution in [2.24, 2.45) is 0 Å². The van der Waals surface area contributed by atoms with Crippen LogP contribution in [0.5, 0.6) is 11.5 Å². The lowest BCUT2D eigenvalue weighted by molar-refractivity contribution is -0.385. The molecule has 2 aromatic carbocycles. The first kappa shape index (κ1) is 20.2. The van der Waals surface area contributed by atoms with Gasteiger partial charge in [0.1, 0.15) is 23.9 Å². The summed E-state index contributed by atoms with van der Waals surface area (Å²) in [7, 11) is 1.50. The fourth-order valence-corrected chi connectivity index (χ4v) is 2.73. The van der Waals surface area contributed by atoms with Crippen molar-refractivity contribution in [1.29, 1.82) is 0 Å². The first-order valence-electron chi connectivity index (χ1n) is 8.49. The van der Waals surface area contributed by atoms with Crippen molar-refractivity contribution >= 4 is 29.1 Å². The molecule has 0 radical (unpaired) electrons. The maximum Gasteiger partial charge on any atom is 0.312 e. The Labute approximate surface area is 171 Å². The average molecular weight is 414 g/mol. The van der Waals surface area contributed by atoms with E-state index in [-0.39, 0.29) is 28.8 Å². The second-order valence-electron chi connectivity index (χ2n) is 5.86. The van der Waals surface area contributed by atoms with Gasteiger partial charge in [0.05, 0.1) is 17.6 Å². The molecule has 0 aliphatic heterocycles. The Bertz CT molecular complexity index is 1070. The minimum absolute atomic E-state index is 0.0171. The van der Waals surface area contributed by atoms with Crippen LogP contribution in [-0.4, -0.2) is 17.8 Å². The number of allylic oxidation sites excluding steroid dienone is 1. The van der Waals surface area contributed by atoms with E-state index in [0.29, 0.717) is 22.8 Å². The quantitative estimate of drug-likeness (QED) is 0.214. The summed E-state index contributed by atoms with van der Waals surface area (Å²) in [6, 6.07) is 14.4. The molecule has 0 saturated heterocycles. The van der Waals surface area contributed by atoms with Gasteiger partial charge in [0.2, 0.25) is 0 Å². The van der Waals surface area contributed by atoms with E-state index in [1.165, 1.54) is 37.5 Å². The Balaban J connectivity index is 1.66. The number of ketones is 1. The van der Waals surface area contributed by atoms with Gasteiger partial charge in [-0.05, 0) is 48.6 Å². The van der Waals surface area contributed by atoms with Gasteiger partial charge in [0, 0.05) is 11.1 Å². The third kappa shape index (κ3) is 5.03. The van der Waals surface area contributed by atoms with Gasteiger partial charge in [-0.15, -0.1) is 0 Å². The van der Waals surface area contributed by atoms with Gasteiger partial charge in [0.25, 0.3) is 0 Å². The summed E-state index contributed by atoms with van der Waals surface area (Å²) >= 11 is 5.78. The second-order valence-corrected chi connectivity index (χ2v) is 6.30. The number of benzene rings is 2. The van der Waals surface area contributed by atoms with Gasteiger partial charge in [-0.2, -0.15) is 0 Å². The molecule has 0 fully saturated rings. The molecular weight excluding hydrogens is 398 g/mol. The van der Waals surface area contributed by atoms with E-state index in [1.807, 2.05) is 0 Å². The first-order chi connectivity index (χ1) is 14.0. The van der Waals surface area contributed by atoms with Crippen molar-refractivity contribution in [3.8, 4) is 11.5 Å². The van der Waals surface area contributed by atoms with Crippen LogP contribution in [-0.2, 0) is 6.61 Å². The van der Waals surface area contributed by atoms with Gasteiger partial charge in [-0.3, -0.25) is 14.9 Å². The number of rotatable bonds is 8. The van der Waals surface area contributed by atoms with E-state index in [1.54, 1.807) is 36.4 Å². The van der Waals surface area contributed by atoms with Crippen molar-refractivity contribution in [1.82, 2.24) is 0 Å². The lowest BCUT2D eigenvalue weighted by Gasteiger charge is -2.05. The molecule has 1 heterocycles. The lowest BCUT2D eigenvalue weighted by Crippen LogP contribution is -1.98. The molecule has 0 aliphatic rings. The summed E-state index contributed by atoms with van der Waals surface area (Å²) in [5.74, 6) is 1.23. The molecule has 3 rings (SSSR count). The predicted molar refractivity (Wildman–Crippen MR) is 108 cm³/mol.